The zero-order valence-corrected chi connectivity index (χ0v) is 61.8. The highest BCUT2D eigenvalue weighted by Crippen LogP contribution is 2.20. The third kappa shape index (κ3) is 87.0. The number of unbranched alkanes of at least 4 members (excludes halogenated alkanes) is 70. The average molecular weight is 1240 g/mol. The van der Waals surface area contributed by atoms with Crippen LogP contribution in [0.4, 0.5) is 0 Å². The molecule has 0 aromatic carbocycles. The van der Waals surface area contributed by atoms with E-state index in [0.29, 0.717) is 26.1 Å². The van der Waals surface area contributed by atoms with E-state index in [2.05, 4.69) is 27.7 Å². The molecule has 88 heavy (non-hydrogen) atoms. The lowest BCUT2D eigenvalue weighted by Crippen LogP contribution is -2.05. The van der Waals surface area contributed by atoms with Gasteiger partial charge in [0.05, 0.1) is 13.2 Å². The molecule has 0 aliphatic carbocycles. The molecule has 0 rings (SSSR count). The second kappa shape index (κ2) is 85.9. The summed E-state index contributed by atoms with van der Waals surface area (Å²) in [6.45, 7) is 10.5. The lowest BCUT2D eigenvalue weighted by molar-refractivity contribution is -0.144. The molecule has 0 aliphatic rings. The molecule has 0 spiro atoms. The van der Waals surface area contributed by atoms with E-state index < -0.39 is 0 Å². The van der Waals surface area contributed by atoms with Crippen molar-refractivity contribution in [1.29, 1.82) is 0 Å². The smallest absolute Gasteiger partial charge is 0.305 e. The molecule has 0 heterocycles. The first kappa shape index (κ1) is 89.0. The van der Waals surface area contributed by atoms with E-state index in [4.69, 9.17) is 9.47 Å². The van der Waals surface area contributed by atoms with E-state index in [1.165, 1.54) is 449 Å². The van der Waals surface area contributed by atoms with Gasteiger partial charge in [0.2, 0.25) is 0 Å². The van der Waals surface area contributed by atoms with Crippen LogP contribution in [-0.2, 0) is 19.1 Å². The summed E-state index contributed by atoms with van der Waals surface area (Å²) in [4.78, 5) is 24.0. The Bertz CT molecular complexity index is 1040. The minimum atomic E-state index is 0.0314. The summed E-state index contributed by atoms with van der Waals surface area (Å²) < 4.78 is 10.9. The van der Waals surface area contributed by atoms with Crippen molar-refractivity contribution < 1.29 is 19.1 Å². The zero-order chi connectivity index (χ0) is 63.7. The van der Waals surface area contributed by atoms with Crippen molar-refractivity contribution in [2.75, 3.05) is 13.2 Å². The molecule has 4 heteroatoms. The number of esters is 2. The van der Waals surface area contributed by atoms with E-state index in [-0.39, 0.29) is 11.9 Å². The van der Waals surface area contributed by atoms with Gasteiger partial charge in [0.25, 0.3) is 0 Å². The second-order valence-electron chi connectivity index (χ2n) is 28.7. The fourth-order valence-corrected chi connectivity index (χ4v) is 13.2. The van der Waals surface area contributed by atoms with E-state index in [1.807, 2.05) is 0 Å². The Morgan fingerprint density at radius 3 is 0.375 bits per heavy atom. The largest absolute Gasteiger partial charge is 0.466 e. The van der Waals surface area contributed by atoms with Crippen LogP contribution in [0.2, 0.25) is 0 Å². The minimum absolute atomic E-state index is 0.0314. The van der Waals surface area contributed by atoms with Gasteiger partial charge in [-0.15, -0.1) is 0 Å². The lowest BCUT2D eigenvalue weighted by Gasteiger charge is -2.06. The first-order valence-corrected chi connectivity index (χ1v) is 41.9. The highest BCUT2D eigenvalue weighted by atomic mass is 16.5. The summed E-state index contributed by atoms with van der Waals surface area (Å²) in [6, 6.07) is 0. The molecule has 0 saturated heterocycles. The first-order chi connectivity index (χ1) is 43.6. The molecule has 0 bridgehead atoms. The van der Waals surface area contributed by atoms with Gasteiger partial charge >= 0.3 is 11.9 Å². The summed E-state index contributed by atoms with van der Waals surface area (Å²) in [5.41, 5.74) is 0. The molecular formula is C84H168O4. The number of hydrogen-bond acceptors (Lipinski definition) is 4. The maximum absolute atomic E-state index is 12.0. The van der Waals surface area contributed by atoms with Crippen molar-refractivity contribution in [2.45, 2.75) is 516 Å². The van der Waals surface area contributed by atoms with Crippen LogP contribution in [-0.4, -0.2) is 25.2 Å². The van der Waals surface area contributed by atoms with Gasteiger partial charge in [0.15, 0.2) is 0 Å². The van der Waals surface area contributed by atoms with Gasteiger partial charge in [-0.3, -0.25) is 9.59 Å². The summed E-state index contributed by atoms with van der Waals surface area (Å²) in [5.74, 6) is 0.0629. The molecule has 0 fully saturated rings. The van der Waals surface area contributed by atoms with Gasteiger partial charge in [-0.25, -0.2) is 0 Å². The number of carbonyl (C=O) groups excluding carboxylic acids is 2. The van der Waals surface area contributed by atoms with Crippen molar-refractivity contribution in [1.82, 2.24) is 0 Å². The Morgan fingerprint density at radius 1 is 0.148 bits per heavy atom. The predicted octanol–water partition coefficient (Wildman–Crippen LogP) is 30.8. The van der Waals surface area contributed by atoms with Crippen LogP contribution in [0.25, 0.3) is 0 Å². The van der Waals surface area contributed by atoms with Crippen LogP contribution < -0.4 is 0 Å². The number of rotatable bonds is 78. The predicted molar refractivity (Wildman–Crippen MR) is 396 cm³/mol. The number of carbonyl (C=O) groups is 2. The fraction of sp³-hybridized carbons (Fsp3) is 0.976. The topological polar surface area (TPSA) is 52.6 Å². The lowest BCUT2D eigenvalue weighted by atomic mass is 10.0. The Balaban J connectivity index is 0. The van der Waals surface area contributed by atoms with E-state index >= 15 is 0 Å². The van der Waals surface area contributed by atoms with Crippen LogP contribution >= 0.6 is 0 Å². The molecular weight excluding hydrogens is 1070 g/mol. The Hall–Kier alpha value is -1.06. The van der Waals surface area contributed by atoms with E-state index in [1.54, 1.807) is 0 Å². The molecule has 0 unspecified atom stereocenters. The van der Waals surface area contributed by atoms with Crippen LogP contribution in [0.5, 0.6) is 0 Å². The summed E-state index contributed by atoms with van der Waals surface area (Å²) in [7, 11) is 0. The van der Waals surface area contributed by atoms with Crippen molar-refractivity contribution >= 4 is 11.9 Å². The third-order valence-electron chi connectivity index (χ3n) is 19.5. The highest BCUT2D eigenvalue weighted by Gasteiger charge is 2.06. The van der Waals surface area contributed by atoms with E-state index in [0.717, 1.165) is 25.7 Å². The summed E-state index contributed by atoms with van der Waals surface area (Å²) >= 11 is 0. The monoisotopic (exact) mass is 1240 g/mol. The molecule has 0 aliphatic heterocycles. The molecule has 0 aromatic heterocycles. The maximum Gasteiger partial charge on any atom is 0.305 e. The molecule has 0 saturated carbocycles. The number of ether oxygens (including phenoxy) is 2. The van der Waals surface area contributed by atoms with Crippen LogP contribution in [0.1, 0.15) is 516 Å². The zero-order valence-electron chi connectivity index (χ0n) is 61.8. The maximum atomic E-state index is 12.0. The van der Waals surface area contributed by atoms with Crippen LogP contribution in [0.15, 0.2) is 0 Å². The van der Waals surface area contributed by atoms with Crippen LogP contribution in [0.3, 0.4) is 0 Å². The molecule has 0 radical (unpaired) electrons. The fourth-order valence-electron chi connectivity index (χ4n) is 13.2. The first-order valence-electron chi connectivity index (χ1n) is 41.9. The Labute approximate surface area is 557 Å². The average Bonchev–Trinajstić information content (AvgIpc) is 3.53. The molecule has 0 atom stereocenters. The normalized spacial score (nSPS) is 11.4. The standard InChI is InChI=1S/2C42H84O2/c2*1-3-5-7-9-11-13-15-17-19-21-23-24-26-28-30-32-34-36-38-40-42(43)44-41-39-37-35-33-31-29-27-25-22-20-18-16-14-12-10-8-6-4-2/h2*3-41H2,1-2H3. The molecule has 0 N–H and O–H groups in total. The van der Waals surface area contributed by atoms with E-state index in [9.17, 15) is 9.59 Å². The molecule has 0 amide bonds. The van der Waals surface area contributed by atoms with Gasteiger partial charge in [-0.1, -0.05) is 477 Å². The van der Waals surface area contributed by atoms with Gasteiger partial charge in [-0.2, -0.15) is 0 Å². The van der Waals surface area contributed by atoms with Crippen molar-refractivity contribution in [2.24, 2.45) is 0 Å². The Morgan fingerprint density at radius 2 is 0.250 bits per heavy atom. The third-order valence-corrected chi connectivity index (χ3v) is 19.5. The molecule has 528 valence electrons. The van der Waals surface area contributed by atoms with Gasteiger partial charge < -0.3 is 9.47 Å². The van der Waals surface area contributed by atoms with Gasteiger partial charge in [0.1, 0.15) is 0 Å². The molecule has 0 aromatic rings. The Kier molecular flexibility index (Phi) is 86.9. The highest BCUT2D eigenvalue weighted by molar-refractivity contribution is 5.69. The number of hydrogen-bond donors (Lipinski definition) is 0. The summed E-state index contributed by atoms with van der Waals surface area (Å²) in [5, 5.41) is 0. The van der Waals surface area contributed by atoms with Crippen molar-refractivity contribution in [3.8, 4) is 0 Å². The van der Waals surface area contributed by atoms with Gasteiger partial charge in [0, 0.05) is 12.8 Å². The minimum Gasteiger partial charge on any atom is -0.466 e. The second-order valence-corrected chi connectivity index (χ2v) is 28.7. The van der Waals surface area contributed by atoms with Crippen LogP contribution in [0, 0.1) is 0 Å². The van der Waals surface area contributed by atoms with Crippen molar-refractivity contribution in [3.05, 3.63) is 0 Å². The van der Waals surface area contributed by atoms with Gasteiger partial charge in [-0.05, 0) is 25.7 Å². The summed E-state index contributed by atoms with van der Waals surface area (Å²) in [6.07, 6.45) is 104. The quantitative estimate of drug-likeness (QED) is 0.0450. The SMILES string of the molecule is CCCCCCCCCCCCCCCCCCCCCC(=O)OCCCCCCCCCCCCCCCCCCCC.CCCCCCCCCCCCCCCCCCCCCC(=O)OCCCCCCCCCCCCCCCCCCCC. The molecule has 4 nitrogen and oxygen atoms in total. The van der Waals surface area contributed by atoms with Crippen molar-refractivity contribution in [3.63, 3.8) is 0 Å².